The lowest BCUT2D eigenvalue weighted by Crippen LogP contribution is -2.19. The van der Waals surface area contributed by atoms with Gasteiger partial charge < -0.3 is 5.73 Å². The van der Waals surface area contributed by atoms with E-state index in [4.69, 9.17) is 5.73 Å². The van der Waals surface area contributed by atoms with Gasteiger partial charge >= 0.3 is 0 Å². The van der Waals surface area contributed by atoms with Crippen molar-refractivity contribution in [3.63, 3.8) is 0 Å². The zero-order valence-corrected chi connectivity index (χ0v) is 12.2. The van der Waals surface area contributed by atoms with Crippen LogP contribution in [0.1, 0.15) is 36.4 Å². The highest BCUT2D eigenvalue weighted by Gasteiger charge is 2.21. The van der Waals surface area contributed by atoms with Gasteiger partial charge in [0.1, 0.15) is 0 Å². The van der Waals surface area contributed by atoms with Crippen LogP contribution in [0.2, 0.25) is 0 Å². The fourth-order valence-corrected chi connectivity index (χ4v) is 3.05. The number of hydrogen-bond acceptors (Lipinski definition) is 2. The molecular formula is C19H20N2. The van der Waals surface area contributed by atoms with E-state index in [-0.39, 0.29) is 6.04 Å². The first kappa shape index (κ1) is 13.8. The molecule has 2 aromatic carbocycles. The molecule has 0 saturated carbocycles. The monoisotopic (exact) mass is 276 g/mol. The molecule has 3 aromatic rings. The van der Waals surface area contributed by atoms with Crippen LogP contribution in [0.5, 0.6) is 0 Å². The number of nitrogens with two attached hydrogens (primary N) is 1. The van der Waals surface area contributed by atoms with Gasteiger partial charge in [-0.15, -0.1) is 0 Å². The van der Waals surface area contributed by atoms with Crippen molar-refractivity contribution in [1.82, 2.24) is 4.98 Å². The Kier molecular flexibility index (Phi) is 3.98. The van der Waals surface area contributed by atoms with Gasteiger partial charge in [-0.1, -0.05) is 55.5 Å². The summed E-state index contributed by atoms with van der Waals surface area (Å²) in [5, 5.41) is 2.35. The highest BCUT2D eigenvalue weighted by molar-refractivity contribution is 5.85. The third-order valence-corrected chi connectivity index (χ3v) is 4.17. The average molecular weight is 276 g/mol. The maximum Gasteiger partial charge on any atom is 0.0370 e. The molecule has 1 heterocycles. The summed E-state index contributed by atoms with van der Waals surface area (Å²) in [7, 11) is 0. The van der Waals surface area contributed by atoms with Crippen molar-refractivity contribution in [2.75, 3.05) is 0 Å². The lowest BCUT2D eigenvalue weighted by Gasteiger charge is -2.24. The van der Waals surface area contributed by atoms with Gasteiger partial charge in [0.25, 0.3) is 0 Å². The summed E-state index contributed by atoms with van der Waals surface area (Å²) >= 11 is 0. The number of benzene rings is 2. The smallest absolute Gasteiger partial charge is 0.0370 e. The van der Waals surface area contributed by atoms with Crippen LogP contribution in [0.4, 0.5) is 0 Å². The van der Waals surface area contributed by atoms with Crippen LogP contribution >= 0.6 is 0 Å². The number of nitrogens with zero attached hydrogens (tertiary/aromatic N) is 1. The first-order valence-electron chi connectivity index (χ1n) is 7.44. The molecular weight excluding hydrogens is 256 g/mol. The van der Waals surface area contributed by atoms with E-state index >= 15 is 0 Å². The Morgan fingerprint density at radius 2 is 1.81 bits per heavy atom. The van der Waals surface area contributed by atoms with E-state index in [0.29, 0.717) is 5.92 Å². The molecule has 0 saturated heterocycles. The zero-order valence-electron chi connectivity index (χ0n) is 12.2. The molecule has 0 radical (unpaired) electrons. The van der Waals surface area contributed by atoms with Crippen LogP contribution in [-0.2, 0) is 0 Å². The molecule has 2 atom stereocenters. The van der Waals surface area contributed by atoms with Crippen LogP contribution in [0.25, 0.3) is 10.8 Å². The number of hydrogen-bond donors (Lipinski definition) is 1. The Morgan fingerprint density at radius 1 is 1.00 bits per heavy atom. The number of aromatic nitrogens is 1. The molecule has 3 rings (SSSR count). The van der Waals surface area contributed by atoms with Crippen molar-refractivity contribution in [3.8, 4) is 0 Å². The van der Waals surface area contributed by atoms with Gasteiger partial charge in [-0.05, 0) is 29.0 Å². The molecule has 0 aliphatic heterocycles. The number of rotatable bonds is 4. The Bertz CT molecular complexity index is 716. The van der Waals surface area contributed by atoms with E-state index in [9.17, 15) is 0 Å². The van der Waals surface area contributed by atoms with Crippen LogP contribution in [0.3, 0.4) is 0 Å². The molecule has 0 aliphatic carbocycles. The summed E-state index contributed by atoms with van der Waals surface area (Å²) in [5.41, 5.74) is 9.13. The molecule has 0 spiro atoms. The van der Waals surface area contributed by atoms with Crippen LogP contribution in [-0.4, -0.2) is 4.98 Å². The summed E-state index contributed by atoms with van der Waals surface area (Å²) in [6.07, 6.45) is 4.75. The van der Waals surface area contributed by atoms with E-state index in [1.807, 2.05) is 18.5 Å². The first-order chi connectivity index (χ1) is 10.3. The van der Waals surface area contributed by atoms with Crippen LogP contribution in [0, 0.1) is 0 Å². The van der Waals surface area contributed by atoms with Crippen molar-refractivity contribution in [2.45, 2.75) is 25.3 Å². The van der Waals surface area contributed by atoms with E-state index in [0.717, 1.165) is 11.8 Å². The molecule has 2 nitrogen and oxygen atoms in total. The highest BCUT2D eigenvalue weighted by atomic mass is 14.7. The van der Waals surface area contributed by atoms with Gasteiger partial charge in [0.2, 0.25) is 0 Å². The van der Waals surface area contributed by atoms with Gasteiger partial charge in [0, 0.05) is 29.7 Å². The normalized spacial score (nSPS) is 14.0. The summed E-state index contributed by atoms with van der Waals surface area (Å²) in [6.45, 7) is 2.20. The topological polar surface area (TPSA) is 38.9 Å². The summed E-state index contributed by atoms with van der Waals surface area (Å²) < 4.78 is 0. The maximum absolute atomic E-state index is 6.63. The van der Waals surface area contributed by atoms with E-state index < -0.39 is 0 Å². The molecule has 0 amide bonds. The number of fused-ring (bicyclic) bond motifs is 1. The lowest BCUT2D eigenvalue weighted by molar-refractivity contribution is 0.542. The quantitative estimate of drug-likeness (QED) is 0.765. The molecule has 21 heavy (non-hydrogen) atoms. The second-order valence-corrected chi connectivity index (χ2v) is 5.40. The molecule has 2 N–H and O–H groups in total. The lowest BCUT2D eigenvalue weighted by atomic mass is 9.84. The molecule has 0 aliphatic rings. The van der Waals surface area contributed by atoms with Crippen LogP contribution in [0.15, 0.2) is 67.0 Å². The third kappa shape index (κ3) is 2.67. The van der Waals surface area contributed by atoms with E-state index in [1.165, 1.54) is 16.5 Å². The Labute approximate surface area is 125 Å². The van der Waals surface area contributed by atoms with Gasteiger partial charge in [-0.3, -0.25) is 4.98 Å². The molecule has 1 aromatic heterocycles. The summed E-state index contributed by atoms with van der Waals surface area (Å²) in [4.78, 5) is 4.20. The van der Waals surface area contributed by atoms with Crippen molar-refractivity contribution in [1.29, 1.82) is 0 Å². The van der Waals surface area contributed by atoms with Crippen molar-refractivity contribution >= 4 is 10.8 Å². The molecule has 0 bridgehead atoms. The molecule has 106 valence electrons. The standard InChI is InChI=1S/C19H20N2/c1-2-16(14-7-4-3-5-8-14)19(20)18-10-6-9-15-13-21-12-11-17(15)18/h3-13,16,19H,2,20H2,1H3. The van der Waals surface area contributed by atoms with E-state index in [2.05, 4.69) is 60.4 Å². The van der Waals surface area contributed by atoms with Crippen molar-refractivity contribution in [3.05, 3.63) is 78.1 Å². The fraction of sp³-hybridized carbons (Fsp3) is 0.211. The fourth-order valence-electron chi connectivity index (χ4n) is 3.05. The second kappa shape index (κ2) is 6.06. The van der Waals surface area contributed by atoms with Crippen molar-refractivity contribution < 1.29 is 0 Å². The minimum absolute atomic E-state index is 0.0106. The minimum Gasteiger partial charge on any atom is -0.323 e. The molecule has 0 fully saturated rings. The summed E-state index contributed by atoms with van der Waals surface area (Å²) in [6, 6.07) is 18.9. The average Bonchev–Trinajstić information content (AvgIpc) is 2.56. The van der Waals surface area contributed by atoms with Crippen LogP contribution < -0.4 is 5.73 Å². The third-order valence-electron chi connectivity index (χ3n) is 4.17. The first-order valence-corrected chi connectivity index (χ1v) is 7.44. The largest absolute Gasteiger partial charge is 0.323 e. The van der Waals surface area contributed by atoms with Gasteiger partial charge in [-0.25, -0.2) is 0 Å². The second-order valence-electron chi connectivity index (χ2n) is 5.40. The Hall–Kier alpha value is -2.19. The molecule has 2 heteroatoms. The SMILES string of the molecule is CCC(c1ccccc1)C(N)c1cccc2cnccc12. The predicted octanol–water partition coefficient (Wildman–Crippen LogP) is 4.43. The predicted molar refractivity (Wildman–Crippen MR) is 88.1 cm³/mol. The maximum atomic E-state index is 6.63. The highest BCUT2D eigenvalue weighted by Crippen LogP contribution is 2.34. The van der Waals surface area contributed by atoms with Crippen molar-refractivity contribution in [2.24, 2.45) is 5.73 Å². The zero-order chi connectivity index (χ0) is 14.7. The number of pyridine rings is 1. The Balaban J connectivity index is 2.05. The van der Waals surface area contributed by atoms with Gasteiger partial charge in [-0.2, -0.15) is 0 Å². The van der Waals surface area contributed by atoms with E-state index in [1.54, 1.807) is 0 Å². The minimum atomic E-state index is -0.0106. The van der Waals surface area contributed by atoms with Gasteiger partial charge in [0.15, 0.2) is 0 Å². The van der Waals surface area contributed by atoms with Gasteiger partial charge in [0.05, 0.1) is 0 Å². The summed E-state index contributed by atoms with van der Waals surface area (Å²) in [5.74, 6) is 0.324. The molecule has 2 unspecified atom stereocenters. The Morgan fingerprint density at radius 3 is 2.57 bits per heavy atom.